The number of anilines is 1. The monoisotopic (exact) mass is 553 g/mol. The molecule has 6 rings (SSSR count). The van der Waals surface area contributed by atoms with Gasteiger partial charge in [0.05, 0.1) is 35.8 Å². The first-order chi connectivity index (χ1) is 20.0. The predicted molar refractivity (Wildman–Crippen MR) is 151 cm³/mol. The number of hydrogen-bond donors (Lipinski definition) is 1. The summed E-state index contributed by atoms with van der Waals surface area (Å²) in [6.45, 7) is 9.87. The highest BCUT2D eigenvalue weighted by Crippen LogP contribution is 2.27. The van der Waals surface area contributed by atoms with Gasteiger partial charge < -0.3 is 24.0 Å². The number of benzene rings is 2. The van der Waals surface area contributed by atoms with Gasteiger partial charge in [0.1, 0.15) is 24.1 Å². The van der Waals surface area contributed by atoms with Crippen LogP contribution in [0.15, 0.2) is 66.2 Å². The highest BCUT2D eigenvalue weighted by atomic mass is 19.1. The van der Waals surface area contributed by atoms with Gasteiger partial charge in [-0.05, 0) is 43.2 Å². The molecule has 0 aliphatic carbocycles. The van der Waals surface area contributed by atoms with Crippen LogP contribution in [0.3, 0.4) is 0 Å². The summed E-state index contributed by atoms with van der Waals surface area (Å²) in [6, 6.07) is 14.9. The van der Waals surface area contributed by atoms with Crippen molar-refractivity contribution in [3.8, 4) is 5.88 Å². The van der Waals surface area contributed by atoms with Crippen molar-refractivity contribution in [2.75, 3.05) is 24.6 Å². The highest BCUT2D eigenvalue weighted by molar-refractivity contribution is 5.92. The van der Waals surface area contributed by atoms with E-state index < -0.39 is 11.8 Å². The van der Waals surface area contributed by atoms with Crippen molar-refractivity contribution >= 4 is 28.5 Å². The minimum absolute atomic E-state index is 0.0193. The van der Waals surface area contributed by atoms with Crippen LogP contribution >= 0.6 is 0 Å². The second-order valence-corrected chi connectivity index (χ2v) is 10.2. The Bertz CT molecular complexity index is 1690. The van der Waals surface area contributed by atoms with E-state index in [1.165, 1.54) is 11.6 Å². The summed E-state index contributed by atoms with van der Waals surface area (Å²) in [6.07, 6.45) is 4.79. The smallest absolute Gasteiger partial charge is 0.335 e. The average Bonchev–Trinajstić information content (AvgIpc) is 3.30. The summed E-state index contributed by atoms with van der Waals surface area (Å²) < 4.78 is 27.8. The molecule has 0 unspecified atom stereocenters. The zero-order chi connectivity index (χ0) is 28.3. The van der Waals surface area contributed by atoms with E-state index in [0.29, 0.717) is 31.0 Å². The first-order valence-corrected chi connectivity index (χ1v) is 13.5. The lowest BCUT2D eigenvalue weighted by Gasteiger charge is -2.29. The van der Waals surface area contributed by atoms with Crippen LogP contribution in [-0.2, 0) is 24.3 Å². The van der Waals surface area contributed by atoms with Crippen LogP contribution in [-0.4, -0.2) is 51.4 Å². The first kappa shape index (κ1) is 26.5. The summed E-state index contributed by atoms with van der Waals surface area (Å²) in [5, 5.41) is 9.48. The maximum absolute atomic E-state index is 14.2. The van der Waals surface area contributed by atoms with Crippen LogP contribution in [0.25, 0.3) is 15.9 Å². The van der Waals surface area contributed by atoms with Gasteiger partial charge in [-0.15, -0.1) is 0 Å². The number of pyridine rings is 1. The molecule has 10 heteroatoms. The van der Waals surface area contributed by atoms with Crippen LogP contribution in [0.1, 0.15) is 34.6 Å². The third-order valence-corrected chi connectivity index (χ3v) is 7.52. The Balaban J connectivity index is 1.14. The Morgan fingerprint density at radius 2 is 2.07 bits per heavy atom. The Kier molecular flexibility index (Phi) is 7.35. The lowest BCUT2D eigenvalue weighted by molar-refractivity contribution is -0.0589. The SMILES string of the molecule is [C-]#[N+]c1ccc(COc2cccc(N3CC=C(Cc4nc5ccc(C(=O)O)cc5n4C[C@@H]4CCO4)CC3)n2)c(F)c1. The third kappa shape index (κ3) is 5.76. The largest absolute Gasteiger partial charge is 0.478 e. The fourth-order valence-electron chi connectivity index (χ4n) is 5.09. The van der Waals surface area contributed by atoms with Gasteiger partial charge in [-0.1, -0.05) is 29.8 Å². The number of rotatable bonds is 9. The summed E-state index contributed by atoms with van der Waals surface area (Å²) in [4.78, 5) is 26.4. The van der Waals surface area contributed by atoms with E-state index >= 15 is 0 Å². The van der Waals surface area contributed by atoms with Crippen molar-refractivity contribution in [3.63, 3.8) is 0 Å². The number of halogens is 1. The lowest BCUT2D eigenvalue weighted by atomic mass is 10.0. The Morgan fingerprint density at radius 3 is 2.78 bits per heavy atom. The summed E-state index contributed by atoms with van der Waals surface area (Å²) in [7, 11) is 0. The van der Waals surface area contributed by atoms with Crippen LogP contribution in [0, 0.1) is 12.4 Å². The molecule has 0 bridgehead atoms. The molecule has 1 fully saturated rings. The number of carbonyl (C=O) groups is 1. The Hall–Kier alpha value is -4.75. The van der Waals surface area contributed by atoms with E-state index in [9.17, 15) is 14.3 Å². The van der Waals surface area contributed by atoms with Gasteiger partial charge in [0.2, 0.25) is 5.88 Å². The quantitative estimate of drug-likeness (QED) is 0.214. The molecular weight excluding hydrogens is 525 g/mol. The molecule has 0 radical (unpaired) electrons. The standard InChI is InChI=1S/C31H28FN5O4/c1-33-23-7-5-22(25(32)17-23)19-41-30-4-2-3-28(35-30)36-12-9-20(10-13-36)15-29-34-26-8-6-21(31(38)39)16-27(26)37(29)18-24-11-14-40-24/h2-9,16-17,24H,10-15,18-19H2,(H,38,39)/t24-/m0/s1. The van der Waals surface area contributed by atoms with Crippen molar-refractivity contribution in [1.29, 1.82) is 0 Å². The van der Waals surface area contributed by atoms with E-state index in [-0.39, 0.29) is 24.0 Å². The number of aromatic nitrogens is 3. The first-order valence-electron chi connectivity index (χ1n) is 13.5. The van der Waals surface area contributed by atoms with E-state index in [4.69, 9.17) is 21.0 Å². The second kappa shape index (κ2) is 11.4. The molecule has 41 heavy (non-hydrogen) atoms. The molecule has 4 aromatic rings. The number of nitrogens with zero attached hydrogens (tertiary/aromatic N) is 5. The number of hydrogen-bond acceptors (Lipinski definition) is 6. The fourth-order valence-corrected chi connectivity index (χ4v) is 5.09. The van der Waals surface area contributed by atoms with Crippen molar-refractivity contribution in [2.24, 2.45) is 0 Å². The second-order valence-electron chi connectivity index (χ2n) is 10.2. The minimum Gasteiger partial charge on any atom is -0.478 e. The number of imidazole rings is 1. The molecule has 2 aliphatic rings. The van der Waals surface area contributed by atoms with E-state index in [1.54, 1.807) is 36.4 Å². The molecular formula is C31H28FN5O4. The molecule has 1 N–H and O–H groups in total. The minimum atomic E-state index is -0.957. The normalized spacial score (nSPS) is 16.6. The van der Waals surface area contributed by atoms with Gasteiger partial charge in [0.25, 0.3) is 0 Å². The van der Waals surface area contributed by atoms with Gasteiger partial charge >= 0.3 is 5.97 Å². The van der Waals surface area contributed by atoms with E-state index in [0.717, 1.165) is 48.7 Å². The average molecular weight is 554 g/mol. The number of fused-ring (bicyclic) bond motifs is 1. The molecule has 0 saturated carbocycles. The van der Waals surface area contributed by atoms with Crippen molar-refractivity contribution < 1.29 is 23.8 Å². The Labute approximate surface area is 236 Å². The Morgan fingerprint density at radius 1 is 1.20 bits per heavy atom. The molecule has 0 spiro atoms. The molecule has 4 heterocycles. The fraction of sp³-hybridized carbons (Fsp3) is 0.290. The van der Waals surface area contributed by atoms with Crippen LogP contribution in [0.5, 0.6) is 5.88 Å². The van der Waals surface area contributed by atoms with Gasteiger partial charge in [-0.3, -0.25) is 0 Å². The highest BCUT2D eigenvalue weighted by Gasteiger charge is 2.23. The summed E-state index contributed by atoms with van der Waals surface area (Å²) >= 11 is 0. The maximum Gasteiger partial charge on any atom is 0.335 e. The molecule has 208 valence electrons. The zero-order valence-electron chi connectivity index (χ0n) is 22.3. The lowest BCUT2D eigenvalue weighted by Crippen LogP contribution is -2.32. The van der Waals surface area contributed by atoms with Crippen LogP contribution in [0.4, 0.5) is 15.9 Å². The van der Waals surface area contributed by atoms with Crippen LogP contribution in [0.2, 0.25) is 0 Å². The molecule has 2 aliphatic heterocycles. The summed E-state index contributed by atoms with van der Waals surface area (Å²) in [5.41, 5.74) is 3.72. The van der Waals surface area contributed by atoms with E-state index in [2.05, 4.69) is 25.4 Å². The maximum atomic E-state index is 14.2. The molecule has 0 amide bonds. The number of carboxylic acid groups (broad SMARTS) is 1. The topological polar surface area (TPSA) is 94.1 Å². The van der Waals surface area contributed by atoms with Gasteiger partial charge in [0, 0.05) is 37.7 Å². The zero-order valence-corrected chi connectivity index (χ0v) is 22.3. The predicted octanol–water partition coefficient (Wildman–Crippen LogP) is 5.57. The van der Waals surface area contributed by atoms with Crippen molar-refractivity contribution in [2.45, 2.75) is 38.5 Å². The third-order valence-electron chi connectivity index (χ3n) is 7.52. The summed E-state index contributed by atoms with van der Waals surface area (Å²) in [5.74, 6) is 0.653. The van der Waals surface area contributed by atoms with Crippen molar-refractivity contribution in [1.82, 2.24) is 14.5 Å². The number of ether oxygens (including phenoxy) is 2. The van der Waals surface area contributed by atoms with Gasteiger partial charge in [-0.25, -0.2) is 19.0 Å². The van der Waals surface area contributed by atoms with Crippen molar-refractivity contribution in [3.05, 3.63) is 100 Å². The molecule has 2 aromatic heterocycles. The molecule has 1 atom stereocenters. The molecule has 1 saturated heterocycles. The number of carboxylic acids is 1. The molecule has 9 nitrogen and oxygen atoms in total. The van der Waals surface area contributed by atoms with Crippen LogP contribution < -0.4 is 9.64 Å². The van der Waals surface area contributed by atoms with Gasteiger partial charge in [-0.2, -0.15) is 4.98 Å². The number of aromatic carboxylic acids is 1. The van der Waals surface area contributed by atoms with Gasteiger partial charge in [0.15, 0.2) is 5.69 Å². The van der Waals surface area contributed by atoms with E-state index in [1.807, 2.05) is 12.1 Å². The molecule has 2 aromatic carbocycles.